The average Bonchev–Trinajstić information content (AvgIpc) is 2.38. The Kier molecular flexibility index (Phi) is 4.62. The number of rotatable bonds is 4. The van der Waals surface area contributed by atoms with E-state index in [1.165, 1.54) is 18.2 Å². The molecule has 6 heteroatoms. The Bertz CT molecular complexity index is 651. The van der Waals surface area contributed by atoms with Gasteiger partial charge in [0.25, 0.3) is 0 Å². The highest BCUT2D eigenvalue weighted by Crippen LogP contribution is 2.30. The summed E-state index contributed by atoms with van der Waals surface area (Å²) in [6, 6.07) is 9.58. The van der Waals surface area contributed by atoms with Gasteiger partial charge in [0.05, 0.1) is 5.69 Å². The van der Waals surface area contributed by atoms with E-state index in [9.17, 15) is 14.3 Å². The van der Waals surface area contributed by atoms with Gasteiger partial charge in [0, 0.05) is 9.50 Å². The maximum Gasteiger partial charge on any atom is 0.330 e. The molecule has 104 valence electrons. The van der Waals surface area contributed by atoms with Crippen LogP contribution in [0.15, 0.2) is 46.9 Å². The Hall–Kier alpha value is -1.59. The van der Waals surface area contributed by atoms with E-state index >= 15 is 0 Å². The molecule has 2 aromatic rings. The Morgan fingerprint density at radius 2 is 2.00 bits per heavy atom. The smallest absolute Gasteiger partial charge is 0.330 e. The molecular weight excluding hydrogens is 349 g/mol. The lowest BCUT2D eigenvalue weighted by atomic mass is 10.1. The van der Waals surface area contributed by atoms with Gasteiger partial charge in [0.15, 0.2) is 6.04 Å². The molecular formula is C14H10BrClFNO2. The molecule has 0 aromatic heterocycles. The molecule has 0 saturated carbocycles. The number of nitrogens with one attached hydrogen (secondary N) is 1. The van der Waals surface area contributed by atoms with Gasteiger partial charge in [-0.05, 0) is 29.8 Å². The van der Waals surface area contributed by atoms with Crippen molar-refractivity contribution in [1.82, 2.24) is 0 Å². The van der Waals surface area contributed by atoms with Crippen LogP contribution in [-0.2, 0) is 4.79 Å². The van der Waals surface area contributed by atoms with E-state index in [2.05, 4.69) is 21.2 Å². The summed E-state index contributed by atoms with van der Waals surface area (Å²) in [5.74, 6) is -1.62. The largest absolute Gasteiger partial charge is 0.479 e. The molecule has 0 aliphatic rings. The first-order valence-corrected chi connectivity index (χ1v) is 6.85. The Balaban J connectivity index is 2.37. The van der Waals surface area contributed by atoms with E-state index in [4.69, 9.17) is 11.6 Å². The molecule has 0 heterocycles. The fraction of sp³-hybridized carbons (Fsp3) is 0.0714. The van der Waals surface area contributed by atoms with Crippen LogP contribution in [0.1, 0.15) is 11.6 Å². The van der Waals surface area contributed by atoms with Gasteiger partial charge in [-0.3, -0.25) is 0 Å². The second-order valence-electron chi connectivity index (χ2n) is 4.06. The third-order valence-corrected chi connectivity index (χ3v) is 3.62. The number of carboxylic acids is 1. The summed E-state index contributed by atoms with van der Waals surface area (Å²) in [7, 11) is 0. The molecule has 0 fully saturated rings. The lowest BCUT2D eigenvalue weighted by molar-refractivity contribution is -0.138. The number of para-hydroxylation sites is 1. The highest BCUT2D eigenvalue weighted by Gasteiger charge is 2.23. The number of aliphatic carboxylic acids is 1. The predicted molar refractivity (Wildman–Crippen MR) is 79.6 cm³/mol. The van der Waals surface area contributed by atoms with E-state index in [0.717, 1.165) is 0 Å². The van der Waals surface area contributed by atoms with Crippen LogP contribution in [0.3, 0.4) is 0 Å². The molecule has 0 amide bonds. The Morgan fingerprint density at radius 1 is 1.30 bits per heavy atom. The van der Waals surface area contributed by atoms with Crippen LogP contribution in [0.25, 0.3) is 0 Å². The molecule has 0 aliphatic heterocycles. The molecule has 0 aliphatic carbocycles. The minimum atomic E-state index is -1.11. The minimum Gasteiger partial charge on any atom is -0.479 e. The summed E-state index contributed by atoms with van der Waals surface area (Å²) in [5, 5.41) is 12.5. The van der Waals surface area contributed by atoms with Crippen molar-refractivity contribution < 1.29 is 14.3 Å². The van der Waals surface area contributed by atoms with Gasteiger partial charge in [-0.2, -0.15) is 0 Å². The zero-order valence-electron chi connectivity index (χ0n) is 10.1. The molecule has 2 N–H and O–H groups in total. The number of halogens is 3. The van der Waals surface area contributed by atoms with Gasteiger partial charge >= 0.3 is 5.97 Å². The van der Waals surface area contributed by atoms with Gasteiger partial charge in [-0.25, -0.2) is 9.18 Å². The van der Waals surface area contributed by atoms with Gasteiger partial charge in [-0.1, -0.05) is 45.7 Å². The van der Waals surface area contributed by atoms with Crippen molar-refractivity contribution in [3.05, 3.63) is 63.3 Å². The maximum absolute atomic E-state index is 13.6. The maximum atomic E-state index is 13.6. The highest BCUT2D eigenvalue weighted by molar-refractivity contribution is 9.10. The number of anilines is 1. The second kappa shape index (κ2) is 6.24. The fourth-order valence-electron chi connectivity index (χ4n) is 1.74. The van der Waals surface area contributed by atoms with Crippen molar-refractivity contribution in [3.63, 3.8) is 0 Å². The minimum absolute atomic E-state index is 0.127. The van der Waals surface area contributed by atoms with E-state index in [0.29, 0.717) is 15.1 Å². The number of carbonyl (C=O) groups is 1. The van der Waals surface area contributed by atoms with Gasteiger partial charge in [0.2, 0.25) is 0 Å². The normalized spacial score (nSPS) is 11.9. The van der Waals surface area contributed by atoms with Gasteiger partial charge < -0.3 is 10.4 Å². The summed E-state index contributed by atoms with van der Waals surface area (Å²) in [4.78, 5) is 11.4. The summed E-state index contributed by atoms with van der Waals surface area (Å²) >= 11 is 9.10. The highest BCUT2D eigenvalue weighted by atomic mass is 79.9. The lowest BCUT2D eigenvalue weighted by Crippen LogP contribution is -2.21. The van der Waals surface area contributed by atoms with Crippen molar-refractivity contribution in [3.8, 4) is 0 Å². The van der Waals surface area contributed by atoms with Crippen LogP contribution < -0.4 is 5.32 Å². The summed E-state index contributed by atoms with van der Waals surface area (Å²) in [5.41, 5.74) is 0.590. The zero-order valence-corrected chi connectivity index (χ0v) is 12.5. The van der Waals surface area contributed by atoms with Crippen molar-refractivity contribution >= 4 is 39.2 Å². The van der Waals surface area contributed by atoms with E-state index in [1.54, 1.807) is 24.3 Å². The summed E-state index contributed by atoms with van der Waals surface area (Å²) in [6.45, 7) is 0. The number of benzene rings is 2. The van der Waals surface area contributed by atoms with Crippen molar-refractivity contribution in [2.24, 2.45) is 0 Å². The van der Waals surface area contributed by atoms with E-state index in [1.807, 2.05) is 0 Å². The lowest BCUT2D eigenvalue weighted by Gasteiger charge is -2.18. The Labute approximate surface area is 128 Å². The van der Waals surface area contributed by atoms with Crippen LogP contribution in [0.5, 0.6) is 0 Å². The zero-order chi connectivity index (χ0) is 14.7. The first-order valence-electron chi connectivity index (χ1n) is 5.68. The fourth-order valence-corrected chi connectivity index (χ4v) is 2.65. The number of hydrogen-bond acceptors (Lipinski definition) is 2. The van der Waals surface area contributed by atoms with Crippen LogP contribution in [-0.4, -0.2) is 11.1 Å². The van der Waals surface area contributed by atoms with E-state index < -0.39 is 17.8 Å². The third kappa shape index (κ3) is 3.29. The second-order valence-corrected chi connectivity index (χ2v) is 5.35. The Morgan fingerprint density at radius 3 is 2.60 bits per heavy atom. The van der Waals surface area contributed by atoms with E-state index in [-0.39, 0.29) is 5.69 Å². The van der Waals surface area contributed by atoms with Crippen molar-refractivity contribution in [1.29, 1.82) is 0 Å². The summed E-state index contributed by atoms with van der Waals surface area (Å²) < 4.78 is 14.1. The first kappa shape index (κ1) is 14.8. The van der Waals surface area contributed by atoms with Crippen LogP contribution >= 0.6 is 27.5 Å². The topological polar surface area (TPSA) is 49.3 Å². The molecule has 1 atom stereocenters. The quantitative estimate of drug-likeness (QED) is 0.847. The molecule has 1 unspecified atom stereocenters. The van der Waals surface area contributed by atoms with Crippen LogP contribution in [0.4, 0.5) is 10.1 Å². The molecule has 3 nitrogen and oxygen atoms in total. The molecule has 0 radical (unpaired) electrons. The van der Waals surface area contributed by atoms with Crippen molar-refractivity contribution in [2.75, 3.05) is 5.32 Å². The first-order chi connectivity index (χ1) is 9.49. The predicted octanol–water partition coefficient (Wildman–Crippen LogP) is 4.48. The summed E-state index contributed by atoms with van der Waals surface area (Å²) in [6.07, 6.45) is 0. The van der Waals surface area contributed by atoms with Gasteiger partial charge in [0.1, 0.15) is 5.82 Å². The molecule has 0 spiro atoms. The van der Waals surface area contributed by atoms with Crippen LogP contribution in [0.2, 0.25) is 5.02 Å². The number of carboxylic acid groups (broad SMARTS) is 1. The van der Waals surface area contributed by atoms with Crippen LogP contribution in [0, 0.1) is 5.82 Å². The van der Waals surface area contributed by atoms with Crippen molar-refractivity contribution in [2.45, 2.75) is 6.04 Å². The number of hydrogen-bond donors (Lipinski definition) is 2. The molecule has 0 bridgehead atoms. The monoisotopic (exact) mass is 357 g/mol. The van der Waals surface area contributed by atoms with Gasteiger partial charge in [-0.15, -0.1) is 0 Å². The SMILES string of the molecule is O=C(O)C(Nc1ccccc1F)c1ccc(Cl)cc1Br. The molecule has 2 aromatic carbocycles. The molecule has 2 rings (SSSR count). The molecule has 0 saturated heterocycles. The molecule has 20 heavy (non-hydrogen) atoms. The standard InChI is InChI=1S/C14H10BrClFNO2/c15-10-7-8(16)5-6-9(10)13(14(19)20)18-12-4-2-1-3-11(12)17/h1-7,13,18H,(H,19,20). The average molecular weight is 359 g/mol. The third-order valence-electron chi connectivity index (χ3n) is 2.69.